The van der Waals surface area contributed by atoms with Crippen molar-refractivity contribution in [3.05, 3.63) is 53.4 Å². The number of hydrogen-bond donors (Lipinski definition) is 2. The molecule has 27 heavy (non-hydrogen) atoms. The summed E-state index contributed by atoms with van der Waals surface area (Å²) in [6.07, 6.45) is 1.53. The summed E-state index contributed by atoms with van der Waals surface area (Å²) in [7, 11) is 1.45. The van der Waals surface area contributed by atoms with Crippen molar-refractivity contribution in [1.82, 2.24) is 15.2 Å². The van der Waals surface area contributed by atoms with Crippen LogP contribution in [0.4, 0.5) is 21.6 Å². The minimum absolute atomic E-state index is 0.217. The van der Waals surface area contributed by atoms with Gasteiger partial charge in [-0.3, -0.25) is 4.79 Å². The number of pyridine rings is 1. The normalized spacial score (nSPS) is 10.4. The first kappa shape index (κ1) is 18.5. The number of nitrogens with one attached hydrogen (secondary N) is 2. The summed E-state index contributed by atoms with van der Waals surface area (Å²) in [6, 6.07) is 9.12. The molecule has 0 bridgehead atoms. The Morgan fingerprint density at radius 1 is 1.19 bits per heavy atom. The molecule has 1 amide bonds. The zero-order valence-corrected chi connectivity index (χ0v) is 15.2. The van der Waals surface area contributed by atoms with Crippen molar-refractivity contribution in [2.45, 2.75) is 6.92 Å². The monoisotopic (exact) mass is 387 g/mol. The fourth-order valence-corrected chi connectivity index (χ4v) is 2.53. The Morgan fingerprint density at radius 2 is 2.00 bits per heavy atom. The van der Waals surface area contributed by atoms with Crippen LogP contribution in [0.2, 0.25) is 5.02 Å². The SMILES string of the molecule is COc1nnc(-c2cc(Cl)ccc2F)cc1Nc1ccnc(NC(C)=O)c1. The fraction of sp³-hybridized carbons (Fsp3) is 0.111. The van der Waals surface area contributed by atoms with E-state index in [-0.39, 0.29) is 23.0 Å². The molecule has 2 N–H and O–H groups in total. The first-order chi connectivity index (χ1) is 13.0. The summed E-state index contributed by atoms with van der Waals surface area (Å²) >= 11 is 5.96. The molecule has 3 aromatic rings. The number of benzene rings is 1. The van der Waals surface area contributed by atoms with E-state index in [0.29, 0.717) is 22.2 Å². The Labute approximate surface area is 159 Å². The van der Waals surface area contributed by atoms with Crippen LogP contribution in [0.25, 0.3) is 11.3 Å². The number of carbonyl (C=O) groups excluding carboxylic acids is 1. The largest absolute Gasteiger partial charge is 0.478 e. The van der Waals surface area contributed by atoms with Gasteiger partial charge in [-0.1, -0.05) is 11.6 Å². The lowest BCUT2D eigenvalue weighted by atomic mass is 10.1. The van der Waals surface area contributed by atoms with Gasteiger partial charge in [-0.2, -0.15) is 0 Å². The Bertz CT molecular complexity index is 999. The highest BCUT2D eigenvalue weighted by atomic mass is 35.5. The molecule has 0 saturated carbocycles. The van der Waals surface area contributed by atoms with Gasteiger partial charge in [0.15, 0.2) is 0 Å². The van der Waals surface area contributed by atoms with Crippen LogP contribution in [0, 0.1) is 5.82 Å². The Morgan fingerprint density at radius 3 is 2.74 bits per heavy atom. The summed E-state index contributed by atoms with van der Waals surface area (Å²) in [5.74, 6) is -0.100. The van der Waals surface area contributed by atoms with Crippen molar-refractivity contribution in [2.75, 3.05) is 17.7 Å². The van der Waals surface area contributed by atoms with E-state index in [1.54, 1.807) is 18.2 Å². The molecule has 0 fully saturated rings. The molecule has 1 aromatic carbocycles. The zero-order chi connectivity index (χ0) is 19.4. The van der Waals surface area contributed by atoms with Crippen LogP contribution in [0.1, 0.15) is 6.92 Å². The number of amides is 1. The molecule has 0 aliphatic rings. The molecule has 0 atom stereocenters. The van der Waals surface area contributed by atoms with E-state index in [4.69, 9.17) is 16.3 Å². The van der Waals surface area contributed by atoms with Crippen molar-refractivity contribution >= 4 is 34.7 Å². The van der Waals surface area contributed by atoms with Gasteiger partial charge in [-0.25, -0.2) is 9.37 Å². The molecule has 0 radical (unpaired) electrons. The minimum Gasteiger partial charge on any atom is -0.478 e. The maximum atomic E-state index is 14.1. The predicted octanol–water partition coefficient (Wildman–Crippen LogP) is 4.04. The fourth-order valence-electron chi connectivity index (χ4n) is 2.36. The maximum absolute atomic E-state index is 14.1. The number of methoxy groups -OCH3 is 1. The van der Waals surface area contributed by atoms with Crippen molar-refractivity contribution in [3.63, 3.8) is 0 Å². The highest BCUT2D eigenvalue weighted by Gasteiger charge is 2.13. The van der Waals surface area contributed by atoms with E-state index in [9.17, 15) is 9.18 Å². The van der Waals surface area contributed by atoms with Crippen LogP contribution in [0.3, 0.4) is 0 Å². The van der Waals surface area contributed by atoms with E-state index in [1.165, 1.54) is 38.4 Å². The smallest absolute Gasteiger partial charge is 0.257 e. The number of ether oxygens (including phenoxy) is 1. The Balaban J connectivity index is 1.97. The molecule has 0 spiro atoms. The van der Waals surface area contributed by atoms with E-state index in [1.807, 2.05) is 0 Å². The second kappa shape index (κ2) is 7.96. The third-order valence-electron chi connectivity index (χ3n) is 3.50. The first-order valence-corrected chi connectivity index (χ1v) is 8.22. The van der Waals surface area contributed by atoms with Gasteiger partial charge >= 0.3 is 0 Å². The molecule has 0 aliphatic carbocycles. The lowest BCUT2D eigenvalue weighted by Gasteiger charge is -2.12. The van der Waals surface area contributed by atoms with Crippen LogP contribution in [-0.2, 0) is 4.79 Å². The molecular formula is C18H15ClFN5O2. The van der Waals surface area contributed by atoms with Crippen molar-refractivity contribution in [2.24, 2.45) is 0 Å². The molecule has 138 valence electrons. The number of nitrogens with zero attached hydrogens (tertiary/aromatic N) is 3. The molecule has 3 rings (SSSR count). The van der Waals surface area contributed by atoms with Crippen LogP contribution < -0.4 is 15.4 Å². The lowest BCUT2D eigenvalue weighted by Crippen LogP contribution is -2.07. The second-order valence-corrected chi connectivity index (χ2v) is 5.95. The molecule has 9 heteroatoms. The van der Waals surface area contributed by atoms with Crippen LogP contribution in [0.15, 0.2) is 42.6 Å². The summed E-state index contributed by atoms with van der Waals surface area (Å²) < 4.78 is 19.4. The molecule has 0 saturated heterocycles. The standard InChI is InChI=1S/C18H15ClFN5O2/c1-10(26)22-17-8-12(5-6-21-17)23-16-9-15(24-25-18(16)27-2)13-7-11(19)3-4-14(13)20/h3-9H,1-2H3,(H2,21,22,23,24,26). The van der Waals surface area contributed by atoms with Gasteiger partial charge in [0.2, 0.25) is 5.91 Å². The molecular weight excluding hydrogens is 373 g/mol. The number of hydrogen-bond acceptors (Lipinski definition) is 6. The second-order valence-electron chi connectivity index (χ2n) is 5.51. The lowest BCUT2D eigenvalue weighted by molar-refractivity contribution is -0.114. The molecule has 2 heterocycles. The number of halogens is 2. The van der Waals surface area contributed by atoms with E-state index < -0.39 is 5.82 Å². The third kappa shape index (κ3) is 4.48. The summed E-state index contributed by atoms with van der Waals surface area (Å²) in [4.78, 5) is 15.2. The van der Waals surface area contributed by atoms with Gasteiger partial charge in [0.05, 0.1) is 12.8 Å². The zero-order valence-electron chi connectivity index (χ0n) is 14.5. The van der Waals surface area contributed by atoms with Crippen molar-refractivity contribution < 1.29 is 13.9 Å². The van der Waals surface area contributed by atoms with Crippen LogP contribution in [0.5, 0.6) is 5.88 Å². The average Bonchev–Trinajstić information content (AvgIpc) is 2.63. The van der Waals surface area contributed by atoms with E-state index >= 15 is 0 Å². The van der Waals surface area contributed by atoms with Gasteiger partial charge in [0.1, 0.15) is 17.3 Å². The van der Waals surface area contributed by atoms with E-state index in [2.05, 4.69) is 25.8 Å². The number of rotatable bonds is 5. The van der Waals surface area contributed by atoms with Gasteiger partial charge in [0, 0.05) is 35.5 Å². The Kier molecular flexibility index (Phi) is 5.46. The van der Waals surface area contributed by atoms with Crippen LogP contribution in [-0.4, -0.2) is 28.2 Å². The van der Waals surface area contributed by atoms with Crippen molar-refractivity contribution in [1.29, 1.82) is 0 Å². The van der Waals surface area contributed by atoms with Gasteiger partial charge in [-0.05, 0) is 30.3 Å². The minimum atomic E-state index is -0.471. The molecule has 0 aliphatic heterocycles. The van der Waals surface area contributed by atoms with Gasteiger partial charge < -0.3 is 15.4 Å². The average molecular weight is 388 g/mol. The molecule has 0 unspecified atom stereocenters. The highest BCUT2D eigenvalue weighted by Crippen LogP contribution is 2.31. The first-order valence-electron chi connectivity index (χ1n) is 7.84. The van der Waals surface area contributed by atoms with Gasteiger partial charge in [0.25, 0.3) is 5.88 Å². The van der Waals surface area contributed by atoms with Crippen molar-refractivity contribution in [3.8, 4) is 17.1 Å². The maximum Gasteiger partial charge on any atom is 0.257 e. The van der Waals surface area contributed by atoms with E-state index in [0.717, 1.165) is 0 Å². The molecule has 2 aromatic heterocycles. The number of aromatic nitrogens is 3. The Hall–Kier alpha value is -3.26. The van der Waals surface area contributed by atoms with Gasteiger partial charge in [-0.15, -0.1) is 10.2 Å². The number of anilines is 3. The summed E-state index contributed by atoms with van der Waals surface area (Å²) in [5.41, 5.74) is 1.59. The number of carbonyl (C=O) groups is 1. The van der Waals surface area contributed by atoms with Crippen LogP contribution >= 0.6 is 11.6 Å². The third-order valence-corrected chi connectivity index (χ3v) is 3.74. The highest BCUT2D eigenvalue weighted by molar-refractivity contribution is 6.30. The summed E-state index contributed by atoms with van der Waals surface area (Å²) in [6.45, 7) is 1.39. The molecule has 7 nitrogen and oxygen atoms in total. The predicted molar refractivity (Wildman–Crippen MR) is 101 cm³/mol. The quantitative estimate of drug-likeness (QED) is 0.686. The topological polar surface area (TPSA) is 89.0 Å². The summed E-state index contributed by atoms with van der Waals surface area (Å²) in [5, 5.41) is 14.1.